The van der Waals surface area contributed by atoms with Crippen LogP contribution in [0, 0.1) is 19.7 Å². The van der Waals surface area contributed by atoms with Gasteiger partial charge in [-0.2, -0.15) is 4.31 Å². The Morgan fingerprint density at radius 2 is 1.68 bits per heavy atom. The van der Waals surface area contributed by atoms with E-state index in [-0.39, 0.29) is 30.2 Å². The zero-order valence-electron chi connectivity index (χ0n) is 15.9. The first-order chi connectivity index (χ1) is 13.2. The van der Waals surface area contributed by atoms with Gasteiger partial charge in [-0.25, -0.2) is 12.8 Å². The van der Waals surface area contributed by atoms with Gasteiger partial charge in [-0.3, -0.25) is 4.79 Å². The molecule has 0 saturated carbocycles. The van der Waals surface area contributed by atoms with Crippen LogP contribution in [0.3, 0.4) is 0 Å². The maximum atomic E-state index is 13.1. The number of benzene rings is 2. The summed E-state index contributed by atoms with van der Waals surface area (Å²) in [7, 11) is -3.70. The largest absolute Gasteiger partial charge is 0.486 e. The predicted octanol–water partition coefficient (Wildman–Crippen LogP) is 3.63. The highest BCUT2D eigenvalue weighted by Gasteiger charge is 2.45. The number of hydrogen-bond donors (Lipinski definition) is 0. The van der Waals surface area contributed by atoms with E-state index in [9.17, 15) is 17.6 Å². The molecule has 1 fully saturated rings. The predicted molar refractivity (Wildman–Crippen MR) is 103 cm³/mol. The SMILES string of the molecule is Cc1ccc2c(c1C)OC1(CCN(S(=O)(=O)c3ccc(F)cc3)CC1)CC2=O. The van der Waals surface area contributed by atoms with Gasteiger partial charge in [0, 0.05) is 25.9 Å². The third-order valence-electron chi connectivity index (χ3n) is 5.86. The average Bonchev–Trinajstić information content (AvgIpc) is 2.66. The average molecular weight is 403 g/mol. The van der Waals surface area contributed by atoms with Gasteiger partial charge in [-0.15, -0.1) is 0 Å². The monoisotopic (exact) mass is 403 g/mol. The highest BCUT2D eigenvalue weighted by molar-refractivity contribution is 7.89. The fraction of sp³-hybridized carbons (Fsp3) is 0.381. The molecule has 2 aliphatic heterocycles. The molecular weight excluding hydrogens is 381 g/mol. The van der Waals surface area contributed by atoms with Gasteiger partial charge < -0.3 is 4.74 Å². The maximum Gasteiger partial charge on any atom is 0.243 e. The Hall–Kier alpha value is -2.25. The fourth-order valence-corrected chi connectivity index (χ4v) is 5.39. The third kappa shape index (κ3) is 3.12. The molecule has 28 heavy (non-hydrogen) atoms. The van der Waals surface area contributed by atoms with Crippen LogP contribution in [0.4, 0.5) is 4.39 Å². The van der Waals surface area contributed by atoms with Crippen molar-refractivity contribution < 1.29 is 22.3 Å². The Balaban J connectivity index is 1.56. The van der Waals surface area contributed by atoms with Crippen LogP contribution in [-0.2, 0) is 10.0 Å². The van der Waals surface area contributed by atoms with Crippen molar-refractivity contribution in [2.45, 2.75) is 43.6 Å². The van der Waals surface area contributed by atoms with Crippen LogP contribution >= 0.6 is 0 Å². The summed E-state index contributed by atoms with van der Waals surface area (Å²) in [6.07, 6.45) is 1.13. The van der Waals surface area contributed by atoms with Crippen molar-refractivity contribution in [2.24, 2.45) is 0 Å². The molecule has 0 bridgehead atoms. The molecule has 2 aromatic carbocycles. The Kier molecular flexibility index (Phi) is 4.55. The number of ketones is 1. The number of sulfonamides is 1. The molecule has 7 heteroatoms. The van der Waals surface area contributed by atoms with Crippen molar-refractivity contribution >= 4 is 15.8 Å². The molecule has 2 heterocycles. The molecule has 1 saturated heterocycles. The van der Waals surface area contributed by atoms with Gasteiger partial charge in [0.2, 0.25) is 10.0 Å². The Morgan fingerprint density at radius 3 is 2.32 bits per heavy atom. The van der Waals surface area contributed by atoms with Crippen molar-refractivity contribution in [1.29, 1.82) is 0 Å². The van der Waals surface area contributed by atoms with Crippen molar-refractivity contribution in [3.8, 4) is 5.75 Å². The lowest BCUT2D eigenvalue weighted by Crippen LogP contribution is -2.52. The fourth-order valence-electron chi connectivity index (χ4n) is 3.95. The summed E-state index contributed by atoms with van der Waals surface area (Å²) >= 11 is 0. The minimum Gasteiger partial charge on any atom is -0.486 e. The van der Waals surface area contributed by atoms with E-state index in [1.54, 1.807) is 6.07 Å². The normalized spacial score (nSPS) is 19.3. The molecule has 0 amide bonds. The smallest absolute Gasteiger partial charge is 0.243 e. The van der Waals surface area contributed by atoms with E-state index in [2.05, 4.69) is 0 Å². The molecule has 0 atom stereocenters. The van der Waals surface area contributed by atoms with Crippen LogP contribution in [0.5, 0.6) is 5.75 Å². The van der Waals surface area contributed by atoms with Crippen LogP contribution in [0.2, 0.25) is 0 Å². The van der Waals surface area contributed by atoms with Gasteiger partial charge in [-0.1, -0.05) is 6.07 Å². The summed E-state index contributed by atoms with van der Waals surface area (Å²) < 4.78 is 46.5. The maximum absolute atomic E-state index is 13.1. The summed E-state index contributed by atoms with van der Waals surface area (Å²) in [5.41, 5.74) is 1.94. The van der Waals surface area contributed by atoms with Crippen LogP contribution in [-0.4, -0.2) is 37.2 Å². The molecule has 1 spiro atoms. The number of halogens is 1. The van der Waals surface area contributed by atoms with Crippen LogP contribution in [0.25, 0.3) is 0 Å². The second kappa shape index (κ2) is 6.67. The first-order valence-electron chi connectivity index (χ1n) is 9.30. The van der Waals surface area contributed by atoms with Crippen LogP contribution < -0.4 is 4.74 Å². The quantitative estimate of drug-likeness (QED) is 0.768. The molecule has 0 N–H and O–H groups in total. The molecule has 148 valence electrons. The van der Waals surface area contributed by atoms with Crippen molar-refractivity contribution in [3.05, 3.63) is 58.9 Å². The lowest BCUT2D eigenvalue weighted by Gasteiger charge is -2.44. The highest BCUT2D eigenvalue weighted by Crippen LogP contribution is 2.42. The molecule has 0 aliphatic carbocycles. The zero-order chi connectivity index (χ0) is 20.1. The number of hydrogen-bond acceptors (Lipinski definition) is 4. The lowest BCUT2D eigenvalue weighted by molar-refractivity contribution is 0.00532. The van der Waals surface area contributed by atoms with E-state index >= 15 is 0 Å². The second-order valence-corrected chi connectivity index (χ2v) is 9.57. The van der Waals surface area contributed by atoms with Gasteiger partial charge in [-0.05, 0) is 55.3 Å². The van der Waals surface area contributed by atoms with Gasteiger partial charge in [0.05, 0.1) is 16.9 Å². The summed E-state index contributed by atoms with van der Waals surface area (Å²) in [5, 5.41) is 0. The lowest BCUT2D eigenvalue weighted by atomic mass is 9.82. The van der Waals surface area contributed by atoms with E-state index in [4.69, 9.17) is 4.74 Å². The van der Waals surface area contributed by atoms with E-state index in [0.717, 1.165) is 23.3 Å². The summed E-state index contributed by atoms with van der Waals surface area (Å²) in [4.78, 5) is 12.8. The molecule has 2 aliphatic rings. The minimum atomic E-state index is -3.70. The molecule has 0 unspecified atom stereocenters. The summed E-state index contributed by atoms with van der Waals surface area (Å²) in [6, 6.07) is 8.56. The topological polar surface area (TPSA) is 63.7 Å². The van der Waals surface area contributed by atoms with E-state index in [1.807, 2.05) is 19.9 Å². The number of nitrogens with zero attached hydrogens (tertiary/aromatic N) is 1. The number of piperidine rings is 1. The Labute approximate surface area is 164 Å². The second-order valence-electron chi connectivity index (χ2n) is 7.63. The Bertz CT molecular complexity index is 1040. The number of fused-ring (bicyclic) bond motifs is 1. The standard InChI is InChI=1S/C21H22FNO4S/c1-14-3-8-18-19(24)13-21(27-20(18)15(14)2)9-11-23(12-10-21)28(25,26)17-6-4-16(22)5-7-17/h3-8H,9-13H2,1-2H3. The summed E-state index contributed by atoms with van der Waals surface area (Å²) in [5.74, 6) is 0.195. The van der Waals surface area contributed by atoms with Gasteiger partial charge in [0.25, 0.3) is 0 Å². The van der Waals surface area contributed by atoms with E-state index in [0.29, 0.717) is 24.2 Å². The van der Waals surface area contributed by atoms with Crippen LogP contribution in [0.15, 0.2) is 41.3 Å². The number of Topliss-reactive ketones (excluding diaryl/α,β-unsaturated/α-hetero) is 1. The molecule has 5 nitrogen and oxygen atoms in total. The first kappa shape index (κ1) is 19.1. The molecule has 4 rings (SSSR count). The number of rotatable bonds is 2. The number of carbonyl (C=O) groups is 1. The summed E-state index contributed by atoms with van der Waals surface area (Å²) in [6.45, 7) is 4.43. The number of aryl methyl sites for hydroxylation is 1. The third-order valence-corrected chi connectivity index (χ3v) is 7.78. The molecular formula is C21H22FNO4S. The Morgan fingerprint density at radius 1 is 1.04 bits per heavy atom. The van der Waals surface area contributed by atoms with E-state index < -0.39 is 21.4 Å². The van der Waals surface area contributed by atoms with E-state index in [1.165, 1.54) is 16.4 Å². The van der Waals surface area contributed by atoms with Crippen molar-refractivity contribution in [1.82, 2.24) is 4.31 Å². The zero-order valence-corrected chi connectivity index (χ0v) is 16.7. The molecule has 2 aromatic rings. The first-order valence-corrected chi connectivity index (χ1v) is 10.7. The molecule has 0 aromatic heterocycles. The van der Waals surface area contributed by atoms with Gasteiger partial charge in [0.1, 0.15) is 17.2 Å². The van der Waals surface area contributed by atoms with Gasteiger partial charge >= 0.3 is 0 Å². The minimum absolute atomic E-state index is 0.0409. The van der Waals surface area contributed by atoms with Crippen molar-refractivity contribution in [3.63, 3.8) is 0 Å². The molecule has 0 radical (unpaired) electrons. The van der Waals surface area contributed by atoms with Crippen LogP contribution in [0.1, 0.15) is 40.7 Å². The number of ether oxygens (including phenoxy) is 1. The van der Waals surface area contributed by atoms with Gasteiger partial charge in [0.15, 0.2) is 5.78 Å². The van der Waals surface area contributed by atoms with Crippen molar-refractivity contribution in [2.75, 3.05) is 13.1 Å². The highest BCUT2D eigenvalue weighted by atomic mass is 32.2. The number of carbonyl (C=O) groups excluding carboxylic acids is 1.